The second-order valence-electron chi connectivity index (χ2n) is 6.73. The Morgan fingerprint density at radius 1 is 1.20 bits per heavy atom. The molecule has 0 aliphatic carbocycles. The van der Waals surface area contributed by atoms with E-state index in [4.69, 9.17) is 5.73 Å². The minimum atomic E-state index is -1.08. The van der Waals surface area contributed by atoms with Crippen molar-refractivity contribution in [2.75, 3.05) is 23.4 Å². The van der Waals surface area contributed by atoms with Gasteiger partial charge in [-0.1, -0.05) is 37.3 Å². The van der Waals surface area contributed by atoms with Crippen molar-refractivity contribution in [2.24, 2.45) is 5.92 Å². The van der Waals surface area contributed by atoms with Crippen LogP contribution in [0.4, 0.5) is 21.4 Å². The topological polar surface area (TPSA) is 142 Å². The van der Waals surface area contributed by atoms with Crippen LogP contribution >= 0.6 is 22.7 Å². The first kappa shape index (κ1) is 21.7. The second-order valence-corrected chi connectivity index (χ2v) is 8.59. The van der Waals surface area contributed by atoms with Crippen LogP contribution < -0.4 is 21.7 Å². The van der Waals surface area contributed by atoms with E-state index in [9.17, 15) is 14.7 Å². The molecule has 0 radical (unpaired) electrons. The lowest BCUT2D eigenvalue weighted by molar-refractivity contribution is -0.125. The Hall–Kier alpha value is -3.02. The summed E-state index contributed by atoms with van der Waals surface area (Å²) in [5, 5.41) is 20.6. The Bertz CT molecular complexity index is 1060. The van der Waals surface area contributed by atoms with Crippen LogP contribution in [-0.2, 0) is 4.79 Å². The van der Waals surface area contributed by atoms with Crippen LogP contribution in [-0.4, -0.2) is 40.2 Å². The summed E-state index contributed by atoms with van der Waals surface area (Å²) in [5.41, 5.74) is 8.08. The maximum atomic E-state index is 12.1. The van der Waals surface area contributed by atoms with E-state index in [1.807, 2.05) is 11.4 Å². The average Bonchev–Trinajstić information content (AvgIpc) is 3.34. The fraction of sp³-hybridized carbons (Fsp3) is 0.263. The summed E-state index contributed by atoms with van der Waals surface area (Å²) in [6.45, 7) is 3.55. The van der Waals surface area contributed by atoms with E-state index in [-0.39, 0.29) is 17.8 Å². The number of hydrogen-bond acceptors (Lipinski definition) is 8. The van der Waals surface area contributed by atoms with Gasteiger partial charge in [0.25, 0.3) is 5.91 Å². The molecule has 158 valence electrons. The number of aliphatic hydroxyl groups excluding tert-OH is 1. The fourth-order valence-corrected chi connectivity index (χ4v) is 4.29. The van der Waals surface area contributed by atoms with Crippen molar-refractivity contribution >= 4 is 51.2 Å². The van der Waals surface area contributed by atoms with E-state index in [2.05, 4.69) is 25.9 Å². The van der Waals surface area contributed by atoms with Gasteiger partial charge in [0.15, 0.2) is 5.13 Å². The third-order valence-electron chi connectivity index (χ3n) is 4.13. The lowest BCUT2D eigenvalue weighted by Gasteiger charge is -2.14. The molecule has 3 rings (SSSR count). The predicted octanol–water partition coefficient (Wildman–Crippen LogP) is 3.22. The Balaban J connectivity index is 1.80. The van der Waals surface area contributed by atoms with Gasteiger partial charge in [0.05, 0.1) is 5.69 Å². The summed E-state index contributed by atoms with van der Waals surface area (Å²) < 4.78 is 0. The number of hydrogen-bond donors (Lipinski definition) is 5. The highest BCUT2D eigenvalue weighted by Crippen LogP contribution is 2.38. The van der Waals surface area contributed by atoms with E-state index in [1.165, 1.54) is 29.7 Å². The maximum Gasteiger partial charge on any atom is 0.320 e. The average molecular weight is 447 g/mol. The molecule has 0 fully saturated rings. The number of nitrogens with zero attached hydrogens (tertiary/aromatic N) is 2. The van der Waals surface area contributed by atoms with Gasteiger partial charge in [0.1, 0.15) is 21.8 Å². The Kier molecular flexibility index (Phi) is 6.65. The molecule has 1 aromatic carbocycles. The molecule has 0 unspecified atom stereocenters. The molecule has 0 saturated heterocycles. The molecular formula is C19H22N6O3S2. The number of anilines is 3. The number of aromatic nitrogens is 2. The molecule has 9 nitrogen and oxygen atoms in total. The molecule has 3 amide bonds. The molecule has 0 aliphatic heterocycles. The molecule has 30 heavy (non-hydrogen) atoms. The first-order chi connectivity index (χ1) is 14.3. The zero-order valence-corrected chi connectivity index (χ0v) is 18.2. The standard InChI is InChI=1S/C19H22N6O3S2/c1-9(2)13(26)16(27)22-11-6-4-5-10(7-11)12-8-29-17(23-12)14-15(20)24-19(30-14)25-18(28)21-3/h4-9,13,26H,20H2,1-3H3,(H,22,27)(H2,21,24,25,28)/t13-/m0/s1. The van der Waals surface area contributed by atoms with Crippen LogP contribution in [0.2, 0.25) is 0 Å². The zero-order chi connectivity index (χ0) is 21.8. The fourth-order valence-electron chi connectivity index (χ4n) is 2.48. The molecule has 2 heterocycles. The van der Waals surface area contributed by atoms with Crippen molar-refractivity contribution < 1.29 is 14.7 Å². The third-order valence-corrected chi connectivity index (χ3v) is 6.11. The van der Waals surface area contributed by atoms with Crippen molar-refractivity contribution in [2.45, 2.75) is 20.0 Å². The zero-order valence-electron chi connectivity index (χ0n) is 16.6. The van der Waals surface area contributed by atoms with Gasteiger partial charge in [0.2, 0.25) is 0 Å². The summed E-state index contributed by atoms with van der Waals surface area (Å²) in [6.07, 6.45) is -1.08. The van der Waals surface area contributed by atoms with Gasteiger partial charge in [-0.3, -0.25) is 10.1 Å². The molecule has 6 N–H and O–H groups in total. The predicted molar refractivity (Wildman–Crippen MR) is 121 cm³/mol. The van der Waals surface area contributed by atoms with E-state index in [1.54, 1.807) is 32.0 Å². The summed E-state index contributed by atoms with van der Waals surface area (Å²) in [7, 11) is 1.51. The minimum absolute atomic E-state index is 0.179. The van der Waals surface area contributed by atoms with Gasteiger partial charge in [-0.05, 0) is 18.1 Å². The molecule has 0 bridgehead atoms. The first-order valence-electron chi connectivity index (χ1n) is 9.08. The maximum absolute atomic E-state index is 12.1. The van der Waals surface area contributed by atoms with Crippen molar-refractivity contribution in [3.05, 3.63) is 29.6 Å². The second kappa shape index (κ2) is 9.20. The Labute approximate surface area is 181 Å². The highest BCUT2D eigenvalue weighted by Gasteiger charge is 2.19. The van der Waals surface area contributed by atoms with Crippen LogP contribution in [0.25, 0.3) is 21.1 Å². The molecule has 11 heteroatoms. The molecular weight excluding hydrogens is 424 g/mol. The number of rotatable bonds is 6. The van der Waals surface area contributed by atoms with E-state index >= 15 is 0 Å². The normalized spacial score (nSPS) is 11.9. The first-order valence-corrected chi connectivity index (χ1v) is 10.8. The monoisotopic (exact) mass is 446 g/mol. The number of aliphatic hydroxyl groups is 1. The molecule has 0 aliphatic rings. The number of amides is 3. The molecule has 1 atom stereocenters. The van der Waals surface area contributed by atoms with E-state index in [0.29, 0.717) is 26.4 Å². The van der Waals surface area contributed by atoms with Crippen molar-refractivity contribution in [1.29, 1.82) is 0 Å². The number of urea groups is 1. The number of nitrogens with two attached hydrogens (primary N) is 1. The number of carbonyl (C=O) groups excluding carboxylic acids is 2. The number of nitrogens with one attached hydrogen (secondary N) is 3. The van der Waals surface area contributed by atoms with Crippen LogP contribution in [0.15, 0.2) is 29.6 Å². The van der Waals surface area contributed by atoms with Crippen LogP contribution in [0.3, 0.4) is 0 Å². The highest BCUT2D eigenvalue weighted by molar-refractivity contribution is 7.23. The van der Waals surface area contributed by atoms with Crippen LogP contribution in [0, 0.1) is 5.92 Å². The van der Waals surface area contributed by atoms with Crippen molar-refractivity contribution in [3.8, 4) is 21.1 Å². The van der Waals surface area contributed by atoms with Gasteiger partial charge in [0, 0.05) is 23.7 Å². The molecule has 0 saturated carbocycles. The van der Waals surface area contributed by atoms with Gasteiger partial charge in [-0.25, -0.2) is 14.8 Å². The summed E-state index contributed by atoms with van der Waals surface area (Å²) in [6, 6.07) is 6.84. The van der Waals surface area contributed by atoms with Gasteiger partial charge in [-0.15, -0.1) is 11.3 Å². The Morgan fingerprint density at radius 2 is 1.97 bits per heavy atom. The lowest BCUT2D eigenvalue weighted by atomic mass is 10.1. The van der Waals surface area contributed by atoms with Gasteiger partial charge < -0.3 is 21.5 Å². The van der Waals surface area contributed by atoms with Crippen molar-refractivity contribution in [1.82, 2.24) is 15.3 Å². The molecule has 2 aromatic heterocycles. The molecule has 3 aromatic rings. The number of carbonyl (C=O) groups is 2. The third kappa shape index (κ3) is 4.93. The van der Waals surface area contributed by atoms with Crippen molar-refractivity contribution in [3.63, 3.8) is 0 Å². The molecule has 0 spiro atoms. The summed E-state index contributed by atoms with van der Waals surface area (Å²) >= 11 is 2.64. The van der Waals surface area contributed by atoms with E-state index in [0.717, 1.165) is 5.56 Å². The van der Waals surface area contributed by atoms with Gasteiger partial charge >= 0.3 is 6.03 Å². The number of nitrogen functional groups attached to an aromatic ring is 1. The van der Waals surface area contributed by atoms with E-state index < -0.39 is 12.0 Å². The SMILES string of the molecule is CNC(=O)Nc1nc(N)c(-c2nc(-c3cccc(NC(=O)[C@@H](O)C(C)C)c3)cs2)s1. The minimum Gasteiger partial charge on any atom is -0.383 e. The van der Waals surface area contributed by atoms with Crippen LogP contribution in [0.5, 0.6) is 0 Å². The van der Waals surface area contributed by atoms with Crippen LogP contribution in [0.1, 0.15) is 13.8 Å². The smallest absolute Gasteiger partial charge is 0.320 e. The quantitative estimate of drug-likeness (QED) is 0.393. The Morgan fingerprint density at radius 3 is 2.67 bits per heavy atom. The summed E-state index contributed by atoms with van der Waals surface area (Å²) in [4.78, 5) is 33.0. The number of thiazole rings is 2. The largest absolute Gasteiger partial charge is 0.383 e. The highest BCUT2D eigenvalue weighted by atomic mass is 32.1. The van der Waals surface area contributed by atoms with Gasteiger partial charge in [-0.2, -0.15) is 0 Å². The summed E-state index contributed by atoms with van der Waals surface area (Å²) in [5.74, 6) is -0.340. The number of benzene rings is 1. The lowest BCUT2D eigenvalue weighted by Crippen LogP contribution is -2.31.